The number of hydrogen-bond donors (Lipinski definition) is 0. The highest BCUT2D eigenvalue weighted by Gasteiger charge is 2.19. The lowest BCUT2D eigenvalue weighted by molar-refractivity contribution is 0.669. The van der Waals surface area contributed by atoms with E-state index in [2.05, 4.69) is 193 Å². The fourth-order valence-electron chi connectivity index (χ4n) is 8.70. The number of furan rings is 2. The summed E-state index contributed by atoms with van der Waals surface area (Å²) in [7, 11) is 0. The lowest BCUT2D eigenvalue weighted by Crippen LogP contribution is -2.09. The van der Waals surface area contributed by atoms with Crippen LogP contribution in [0.2, 0.25) is 0 Å². The summed E-state index contributed by atoms with van der Waals surface area (Å²) in [5.74, 6) is 0. The number of hydrogen-bond acceptors (Lipinski definition) is 4. The molecule has 3 heterocycles. The predicted molar refractivity (Wildman–Crippen MR) is 245 cm³/mol. The van der Waals surface area contributed by atoms with Crippen molar-refractivity contribution in [1.29, 1.82) is 0 Å². The molecule has 0 unspecified atom stereocenters. The van der Waals surface area contributed by atoms with Crippen LogP contribution in [0.3, 0.4) is 0 Å². The monoisotopic (exact) mass is 759 g/mol. The van der Waals surface area contributed by atoms with Crippen LogP contribution < -0.4 is 4.90 Å². The molecule has 0 atom stereocenters. The van der Waals surface area contributed by atoms with Crippen LogP contribution >= 0.6 is 11.3 Å². The van der Waals surface area contributed by atoms with E-state index in [9.17, 15) is 0 Å². The van der Waals surface area contributed by atoms with E-state index in [1.54, 1.807) is 0 Å². The Bertz CT molecular complexity index is 3500. The normalized spacial score (nSPS) is 11.8. The molecule has 272 valence electrons. The predicted octanol–water partition coefficient (Wildman–Crippen LogP) is 16.3. The third-order valence-corrected chi connectivity index (χ3v) is 12.6. The van der Waals surface area contributed by atoms with Crippen molar-refractivity contribution in [3.05, 3.63) is 200 Å². The van der Waals surface area contributed by atoms with Gasteiger partial charge in [-0.05, 0) is 82.9 Å². The Kier molecular flexibility index (Phi) is 7.40. The average molecular weight is 760 g/mol. The van der Waals surface area contributed by atoms with Gasteiger partial charge in [0.1, 0.15) is 22.3 Å². The number of fused-ring (bicyclic) bond motifs is 9. The molecular weight excluding hydrogens is 727 g/mol. The molecule has 0 bridgehead atoms. The van der Waals surface area contributed by atoms with Gasteiger partial charge in [0.2, 0.25) is 0 Å². The molecule has 0 aliphatic carbocycles. The summed E-state index contributed by atoms with van der Waals surface area (Å²) < 4.78 is 15.7. The summed E-state index contributed by atoms with van der Waals surface area (Å²) in [5, 5.41) is 7.00. The van der Waals surface area contributed by atoms with E-state index in [4.69, 9.17) is 8.83 Å². The summed E-state index contributed by atoms with van der Waals surface area (Å²) >= 11 is 1.84. The molecule has 0 aliphatic rings. The van der Waals surface area contributed by atoms with Crippen molar-refractivity contribution >= 4 is 92.4 Å². The van der Waals surface area contributed by atoms with Gasteiger partial charge in [0.25, 0.3) is 0 Å². The first-order valence-corrected chi connectivity index (χ1v) is 20.4. The van der Waals surface area contributed by atoms with E-state index in [1.807, 2.05) is 23.5 Å². The second kappa shape index (κ2) is 13.1. The maximum absolute atomic E-state index is 6.60. The van der Waals surface area contributed by atoms with E-state index in [-0.39, 0.29) is 0 Å². The Morgan fingerprint density at radius 1 is 0.310 bits per heavy atom. The fraction of sp³-hybridized carbons (Fsp3) is 0. The lowest BCUT2D eigenvalue weighted by atomic mass is 10.00. The molecule has 58 heavy (non-hydrogen) atoms. The molecule has 0 N–H and O–H groups in total. The number of nitrogens with zero attached hydrogens (tertiary/aromatic N) is 1. The molecule has 12 rings (SSSR count). The topological polar surface area (TPSA) is 29.5 Å². The van der Waals surface area contributed by atoms with Gasteiger partial charge in [0.05, 0.1) is 0 Å². The highest BCUT2D eigenvalue weighted by Crippen LogP contribution is 2.44. The minimum atomic E-state index is 0.871. The first-order valence-electron chi connectivity index (χ1n) is 19.6. The molecule has 0 aliphatic heterocycles. The number of benzene rings is 9. The fourth-order valence-corrected chi connectivity index (χ4v) is 9.84. The summed E-state index contributed by atoms with van der Waals surface area (Å²) in [4.78, 5) is 2.37. The Labute approximate surface area is 338 Å². The summed E-state index contributed by atoms with van der Waals surface area (Å²) in [6.45, 7) is 0. The van der Waals surface area contributed by atoms with Gasteiger partial charge >= 0.3 is 0 Å². The Balaban J connectivity index is 0.983. The number of rotatable bonds is 6. The molecule has 0 saturated carbocycles. The van der Waals surface area contributed by atoms with Gasteiger partial charge in [0, 0.05) is 69.9 Å². The van der Waals surface area contributed by atoms with Crippen molar-refractivity contribution in [3.8, 4) is 33.4 Å². The molecule has 0 fully saturated rings. The molecule has 4 heteroatoms. The summed E-state index contributed by atoms with van der Waals surface area (Å²) in [6, 6.07) is 71.4. The first kappa shape index (κ1) is 32.8. The second-order valence-corrected chi connectivity index (χ2v) is 15.9. The largest absolute Gasteiger partial charge is 0.455 e. The molecule has 0 spiro atoms. The quantitative estimate of drug-likeness (QED) is 0.169. The van der Waals surface area contributed by atoms with Gasteiger partial charge < -0.3 is 13.7 Å². The minimum Gasteiger partial charge on any atom is -0.455 e. The molecule has 9 aromatic carbocycles. The third-order valence-electron chi connectivity index (χ3n) is 11.5. The van der Waals surface area contributed by atoms with Gasteiger partial charge in [0.15, 0.2) is 0 Å². The van der Waals surface area contributed by atoms with Crippen LogP contribution in [0.1, 0.15) is 0 Å². The number of anilines is 3. The Morgan fingerprint density at radius 3 is 1.52 bits per heavy atom. The third kappa shape index (κ3) is 5.27. The zero-order valence-electron chi connectivity index (χ0n) is 31.2. The zero-order valence-corrected chi connectivity index (χ0v) is 32.0. The molecule has 0 radical (unpaired) electrons. The van der Waals surface area contributed by atoms with Gasteiger partial charge in [-0.1, -0.05) is 140 Å². The van der Waals surface area contributed by atoms with E-state index >= 15 is 0 Å². The summed E-state index contributed by atoms with van der Waals surface area (Å²) in [5.41, 5.74) is 13.6. The zero-order chi connectivity index (χ0) is 38.2. The van der Waals surface area contributed by atoms with E-state index < -0.39 is 0 Å². The van der Waals surface area contributed by atoms with Gasteiger partial charge in [-0.25, -0.2) is 0 Å². The van der Waals surface area contributed by atoms with Crippen molar-refractivity contribution < 1.29 is 8.83 Å². The maximum Gasteiger partial charge on any atom is 0.143 e. The van der Waals surface area contributed by atoms with E-state index in [0.29, 0.717) is 0 Å². The van der Waals surface area contributed by atoms with Crippen molar-refractivity contribution in [3.63, 3.8) is 0 Å². The van der Waals surface area contributed by atoms with Crippen LogP contribution in [0.25, 0.3) is 97.4 Å². The Hall–Kier alpha value is -7.40. The van der Waals surface area contributed by atoms with Crippen LogP contribution in [0.15, 0.2) is 209 Å². The molecule has 3 nitrogen and oxygen atoms in total. The molecule has 3 aromatic heterocycles. The maximum atomic E-state index is 6.60. The SMILES string of the molecule is c1ccc(-c2cccc3c2oc2ccc(-c4ccc(N(c5ccc6c(c5)sc5ccccc56)c5ccc6oc7c(-c8ccccc8)cccc7c6c5)cc4)cc23)cc1. The molecule has 0 amide bonds. The summed E-state index contributed by atoms with van der Waals surface area (Å²) in [6.07, 6.45) is 0. The van der Waals surface area contributed by atoms with Gasteiger partial charge in [-0.3, -0.25) is 0 Å². The number of thiophene rings is 1. The van der Waals surface area contributed by atoms with Crippen LogP contribution in [0.5, 0.6) is 0 Å². The Morgan fingerprint density at radius 2 is 0.828 bits per heavy atom. The van der Waals surface area contributed by atoms with Gasteiger partial charge in [-0.2, -0.15) is 0 Å². The average Bonchev–Trinajstić information content (AvgIpc) is 3.98. The molecular formula is C54H33NO2S. The van der Waals surface area contributed by atoms with Crippen LogP contribution in [-0.4, -0.2) is 0 Å². The van der Waals surface area contributed by atoms with Crippen molar-refractivity contribution in [2.24, 2.45) is 0 Å². The van der Waals surface area contributed by atoms with E-state index in [1.165, 1.54) is 20.2 Å². The second-order valence-electron chi connectivity index (χ2n) is 14.9. The lowest BCUT2D eigenvalue weighted by Gasteiger charge is -2.26. The standard InChI is InChI=1S/C54H33NO2S/c1-3-11-35(12-4-1)41-16-9-18-45-47-31-37(23-29-49(47)56-53(41)45)34-21-24-38(25-22-34)55(40-26-28-44-43-15-7-8-20-51(43)58-52(44)33-40)39-27-30-50-48(32-39)46-19-10-17-42(54(46)57-50)36-13-5-2-6-14-36/h1-33H. The van der Waals surface area contributed by atoms with Crippen LogP contribution in [0.4, 0.5) is 17.1 Å². The molecule has 0 saturated heterocycles. The molecule has 12 aromatic rings. The highest BCUT2D eigenvalue weighted by molar-refractivity contribution is 7.25. The van der Waals surface area contributed by atoms with E-state index in [0.717, 1.165) is 94.3 Å². The first-order chi connectivity index (χ1) is 28.7. The van der Waals surface area contributed by atoms with Gasteiger partial charge in [-0.15, -0.1) is 11.3 Å². The van der Waals surface area contributed by atoms with Crippen molar-refractivity contribution in [2.45, 2.75) is 0 Å². The van der Waals surface area contributed by atoms with Crippen molar-refractivity contribution in [2.75, 3.05) is 4.90 Å². The smallest absolute Gasteiger partial charge is 0.143 e. The minimum absolute atomic E-state index is 0.871. The van der Waals surface area contributed by atoms with Crippen LogP contribution in [-0.2, 0) is 0 Å². The highest BCUT2D eigenvalue weighted by atomic mass is 32.1. The van der Waals surface area contributed by atoms with Crippen LogP contribution in [0, 0.1) is 0 Å². The van der Waals surface area contributed by atoms with Crippen molar-refractivity contribution in [1.82, 2.24) is 0 Å². The number of para-hydroxylation sites is 2.